The van der Waals surface area contributed by atoms with Crippen LogP contribution in [0.2, 0.25) is 0 Å². The molecule has 0 spiro atoms. The quantitative estimate of drug-likeness (QED) is 0.0836. The summed E-state index contributed by atoms with van der Waals surface area (Å²) in [4.78, 5) is 0. The van der Waals surface area contributed by atoms with E-state index < -0.39 is 7.41 Å². The average molecular weight is 530 g/mol. The van der Waals surface area contributed by atoms with Gasteiger partial charge in [0, 0.05) is 0 Å². The molecule has 1 nitrogen and oxygen atoms in total. The van der Waals surface area contributed by atoms with Gasteiger partial charge in [0.05, 0.1) is 0 Å². The molecule has 3 heteroatoms. The van der Waals surface area contributed by atoms with Crippen molar-refractivity contribution in [3.8, 4) is 0 Å². The Hall–Kier alpha value is 1.12. The molecule has 0 aliphatic heterocycles. The summed E-state index contributed by atoms with van der Waals surface area (Å²) in [5.41, 5.74) is 0. The van der Waals surface area contributed by atoms with E-state index in [1.165, 1.54) is 116 Å². The van der Waals surface area contributed by atoms with Crippen LogP contribution >= 0.6 is 31.4 Å². The van der Waals surface area contributed by atoms with Gasteiger partial charge in [-0.3, -0.25) is 0 Å². The molecular weight excluding hydrogens is 472 g/mol. The second-order valence-corrected chi connectivity index (χ2v) is 13.6. The fourth-order valence-corrected chi connectivity index (χ4v) is 8.76. The molecule has 0 fully saturated rings. The van der Waals surface area contributed by atoms with Crippen molar-refractivity contribution in [2.24, 2.45) is 0 Å². The summed E-state index contributed by atoms with van der Waals surface area (Å²) in [7, 11) is 1.08. The van der Waals surface area contributed by atoms with Crippen LogP contribution in [0.25, 0.3) is 0 Å². The van der Waals surface area contributed by atoms with Crippen LogP contribution in [-0.4, -0.2) is 25.5 Å². The number of halogens is 1. The Morgan fingerprint density at radius 3 is 0.929 bits per heavy atom. The van der Waals surface area contributed by atoms with Crippen molar-refractivity contribution >= 4 is 31.4 Å². The molecule has 0 aliphatic rings. The third-order valence-corrected chi connectivity index (χ3v) is 11.5. The van der Waals surface area contributed by atoms with E-state index in [0.717, 1.165) is 0 Å². The van der Waals surface area contributed by atoms with Crippen LogP contribution in [0.4, 0.5) is 0 Å². The van der Waals surface area contributed by atoms with Crippen LogP contribution in [-0.2, 0) is 0 Å². The molecule has 0 unspecified atom stereocenters. The van der Waals surface area contributed by atoms with Gasteiger partial charge in [-0.2, -0.15) is 0 Å². The van der Waals surface area contributed by atoms with E-state index in [1.54, 1.807) is 18.5 Å². The average Bonchev–Trinajstić information content (AvgIpc) is 2.69. The molecule has 0 rings (SSSR count). The van der Waals surface area contributed by atoms with Crippen molar-refractivity contribution in [3.05, 3.63) is 0 Å². The summed E-state index contributed by atoms with van der Waals surface area (Å²) in [6.07, 6.45) is 30.7. The maximum absolute atomic E-state index is 3.96. The monoisotopic (exact) mass is 529 g/mol. The second kappa shape index (κ2) is 24.4. The van der Waals surface area contributed by atoms with Crippen molar-refractivity contribution in [1.29, 1.82) is 0 Å². The third kappa shape index (κ3) is 19.1. The molecule has 0 heterocycles. The van der Waals surface area contributed by atoms with E-state index in [-0.39, 0.29) is 24.0 Å². The number of hydrogen-bond acceptors (Lipinski definition) is 1. The minimum Gasteiger partial charge on any atom is -0.107 e. The van der Waals surface area contributed by atoms with Crippen molar-refractivity contribution in [3.63, 3.8) is 0 Å². The Bertz CT molecular complexity index is 245. The third-order valence-electron chi connectivity index (χ3n) is 6.56. The van der Waals surface area contributed by atoms with Crippen molar-refractivity contribution in [1.82, 2.24) is 5.09 Å². The van der Waals surface area contributed by atoms with Gasteiger partial charge in [-0.15, -0.1) is 24.0 Å². The number of nitrogens with one attached hydrogen (secondary N) is 1. The zero-order chi connectivity index (χ0) is 20.1. The van der Waals surface area contributed by atoms with Gasteiger partial charge >= 0.3 is 174 Å². The molecule has 0 atom stereocenters. The predicted molar refractivity (Wildman–Crippen MR) is 148 cm³/mol. The molecule has 0 aromatic heterocycles. The van der Waals surface area contributed by atoms with E-state index >= 15 is 0 Å². The van der Waals surface area contributed by atoms with Gasteiger partial charge in [-0.05, 0) is 0 Å². The van der Waals surface area contributed by atoms with E-state index in [9.17, 15) is 0 Å². The Labute approximate surface area is 197 Å². The molecule has 0 amide bonds. The molecule has 28 heavy (non-hydrogen) atoms. The standard InChI is InChI=1S/C25H56NP.HI/c1-5-8-11-14-17-20-23-27(26-4,24-21-18-15-12-9-6-2)25-22-19-16-13-10-7-3;/h26-27H,5-25H2,1-4H3;1H. The van der Waals surface area contributed by atoms with E-state index in [4.69, 9.17) is 0 Å². The number of hydrogen-bond donors (Lipinski definition) is 1. The Morgan fingerprint density at radius 1 is 0.429 bits per heavy atom. The van der Waals surface area contributed by atoms with Gasteiger partial charge in [0.1, 0.15) is 0 Å². The molecule has 0 bridgehead atoms. The second-order valence-electron chi connectivity index (χ2n) is 9.08. The van der Waals surface area contributed by atoms with Crippen LogP contribution in [0.3, 0.4) is 0 Å². The topological polar surface area (TPSA) is 12.0 Å². The van der Waals surface area contributed by atoms with Gasteiger partial charge in [0.25, 0.3) is 0 Å². The van der Waals surface area contributed by atoms with Gasteiger partial charge in [-0.1, -0.05) is 0 Å². The fraction of sp³-hybridized carbons (Fsp3) is 1.00. The van der Waals surface area contributed by atoms with Crippen molar-refractivity contribution < 1.29 is 0 Å². The summed E-state index contributed by atoms with van der Waals surface area (Å²) in [6, 6.07) is 0. The largest absolute Gasteiger partial charge is 0.107 e. The van der Waals surface area contributed by atoms with Crippen molar-refractivity contribution in [2.75, 3.05) is 25.5 Å². The van der Waals surface area contributed by atoms with Crippen LogP contribution in [0.5, 0.6) is 0 Å². The number of unbranched alkanes of at least 4 members (excludes halogenated alkanes) is 15. The summed E-state index contributed by atoms with van der Waals surface area (Å²) in [5.74, 6) is 0. The van der Waals surface area contributed by atoms with Crippen LogP contribution in [0.1, 0.15) is 136 Å². The van der Waals surface area contributed by atoms with E-state index in [2.05, 4.69) is 32.9 Å². The first-order valence-electron chi connectivity index (χ1n) is 12.9. The first-order chi connectivity index (χ1) is 13.2. The first-order valence-corrected chi connectivity index (χ1v) is 15.6. The van der Waals surface area contributed by atoms with Crippen LogP contribution in [0, 0.1) is 0 Å². The van der Waals surface area contributed by atoms with Crippen LogP contribution in [0.15, 0.2) is 0 Å². The fourth-order valence-electron chi connectivity index (χ4n) is 4.48. The Balaban J connectivity index is 0. The smallest absolute Gasteiger partial charge is 0.107 e. The molecule has 0 radical (unpaired) electrons. The SMILES string of the molecule is CCCCCCCC[PH](CCCCCCCC)(CCCCCCCC)NC.I. The molecule has 174 valence electrons. The molecule has 0 aromatic carbocycles. The zero-order valence-electron chi connectivity index (χ0n) is 20.3. The van der Waals surface area contributed by atoms with Gasteiger partial charge in [0.15, 0.2) is 0 Å². The maximum atomic E-state index is 3.96. The minimum absolute atomic E-state index is 0. The predicted octanol–water partition coefficient (Wildman–Crippen LogP) is 9.57. The van der Waals surface area contributed by atoms with Crippen LogP contribution < -0.4 is 5.09 Å². The molecule has 0 saturated carbocycles. The molecule has 0 aromatic rings. The Kier molecular flexibility index (Phi) is 27.3. The van der Waals surface area contributed by atoms with Gasteiger partial charge < -0.3 is 0 Å². The molecule has 0 aliphatic carbocycles. The normalized spacial score (nSPS) is 12.1. The van der Waals surface area contributed by atoms with Crippen molar-refractivity contribution in [2.45, 2.75) is 136 Å². The summed E-state index contributed by atoms with van der Waals surface area (Å²) in [6.45, 7) is 6.96. The molecule has 1 N–H and O–H groups in total. The number of rotatable bonds is 22. The van der Waals surface area contributed by atoms with E-state index in [0.29, 0.717) is 0 Å². The summed E-state index contributed by atoms with van der Waals surface area (Å²) < 4.78 is 0. The van der Waals surface area contributed by atoms with E-state index in [1.807, 2.05) is 0 Å². The summed E-state index contributed by atoms with van der Waals surface area (Å²) in [5, 5.41) is 3.96. The Morgan fingerprint density at radius 2 is 0.679 bits per heavy atom. The minimum atomic E-state index is -1.22. The van der Waals surface area contributed by atoms with Gasteiger partial charge in [0.2, 0.25) is 0 Å². The zero-order valence-corrected chi connectivity index (χ0v) is 23.6. The van der Waals surface area contributed by atoms with Gasteiger partial charge in [-0.25, -0.2) is 0 Å². The maximum Gasteiger partial charge on any atom is -0.107 e. The summed E-state index contributed by atoms with van der Waals surface area (Å²) >= 11 is 0. The molecule has 0 saturated heterocycles. The molecular formula is C25H57INP. The first kappa shape index (κ1) is 31.3.